The van der Waals surface area contributed by atoms with Crippen LogP contribution in [-0.4, -0.2) is 17.8 Å². The minimum atomic E-state index is -0.653. The van der Waals surface area contributed by atoms with Crippen LogP contribution in [0.15, 0.2) is 66.0 Å². The fraction of sp³-hybridized carbons (Fsp3) is 0.100. The lowest BCUT2D eigenvalue weighted by molar-refractivity contribution is 0.0818. The maximum atomic E-state index is 12.4. The van der Waals surface area contributed by atoms with Gasteiger partial charge in [0.05, 0.1) is 4.88 Å². The van der Waals surface area contributed by atoms with Gasteiger partial charge in [-0.15, -0.1) is 11.3 Å². The van der Waals surface area contributed by atoms with E-state index in [9.17, 15) is 9.59 Å². The first-order valence-corrected chi connectivity index (χ1v) is 9.20. The Morgan fingerprint density at radius 3 is 2.50 bits per heavy atom. The zero-order valence-electron chi connectivity index (χ0n) is 13.9. The second-order valence-electron chi connectivity index (χ2n) is 5.59. The van der Waals surface area contributed by atoms with Crippen molar-refractivity contribution in [1.29, 1.82) is 0 Å². The van der Waals surface area contributed by atoms with Crippen LogP contribution in [0.4, 0.5) is 5.69 Å². The molecular formula is C20H16ClNO3S. The summed E-state index contributed by atoms with van der Waals surface area (Å²) in [7, 11) is 0. The van der Waals surface area contributed by atoms with Crippen molar-refractivity contribution in [2.45, 2.75) is 13.0 Å². The summed E-state index contributed by atoms with van der Waals surface area (Å²) >= 11 is 7.30. The number of hydrogen-bond acceptors (Lipinski definition) is 4. The van der Waals surface area contributed by atoms with Crippen molar-refractivity contribution in [2.24, 2.45) is 0 Å². The van der Waals surface area contributed by atoms with Crippen LogP contribution in [-0.2, 0) is 0 Å². The van der Waals surface area contributed by atoms with E-state index >= 15 is 0 Å². The number of Topliss-reactive ketones (excluding diaryl/α,β-unsaturated/α-hetero) is 1. The number of carbonyl (C=O) groups excluding carboxylic acids is 2. The number of rotatable bonds is 6. The molecule has 2 aromatic carbocycles. The monoisotopic (exact) mass is 385 g/mol. The third-order valence-electron chi connectivity index (χ3n) is 3.65. The molecule has 0 fully saturated rings. The third kappa shape index (κ3) is 4.50. The molecule has 3 aromatic rings. The number of benzene rings is 2. The van der Waals surface area contributed by atoms with Crippen LogP contribution in [0.25, 0.3) is 0 Å². The first-order valence-electron chi connectivity index (χ1n) is 7.94. The lowest BCUT2D eigenvalue weighted by atomic mass is 10.1. The molecule has 0 aliphatic carbocycles. The second-order valence-corrected chi connectivity index (χ2v) is 6.97. The van der Waals surface area contributed by atoms with Gasteiger partial charge < -0.3 is 10.1 Å². The molecule has 3 rings (SSSR count). The highest BCUT2D eigenvalue weighted by atomic mass is 35.5. The highest BCUT2D eigenvalue weighted by Gasteiger charge is 2.17. The van der Waals surface area contributed by atoms with Crippen molar-refractivity contribution < 1.29 is 14.3 Å². The smallest absolute Gasteiger partial charge is 0.265 e. The summed E-state index contributed by atoms with van der Waals surface area (Å²) in [5.41, 5.74) is 1.16. The van der Waals surface area contributed by atoms with E-state index in [0.717, 1.165) is 0 Å². The Bertz CT molecular complexity index is 907. The summed E-state index contributed by atoms with van der Waals surface area (Å²) in [5, 5.41) is 5.17. The Morgan fingerprint density at radius 1 is 1.08 bits per heavy atom. The Morgan fingerprint density at radius 2 is 1.85 bits per heavy atom. The first kappa shape index (κ1) is 18.2. The molecule has 0 bridgehead atoms. The van der Waals surface area contributed by atoms with Gasteiger partial charge >= 0.3 is 0 Å². The molecule has 0 saturated heterocycles. The van der Waals surface area contributed by atoms with Crippen molar-refractivity contribution in [2.75, 3.05) is 5.32 Å². The molecular weight excluding hydrogens is 370 g/mol. The van der Waals surface area contributed by atoms with E-state index < -0.39 is 6.10 Å². The van der Waals surface area contributed by atoms with Gasteiger partial charge in [0.1, 0.15) is 5.75 Å². The van der Waals surface area contributed by atoms with E-state index in [1.165, 1.54) is 11.3 Å². The van der Waals surface area contributed by atoms with Gasteiger partial charge in [0, 0.05) is 16.3 Å². The maximum absolute atomic E-state index is 12.4. The third-order valence-corrected chi connectivity index (χ3v) is 4.75. The summed E-state index contributed by atoms with van der Waals surface area (Å²) in [6.07, 6.45) is -0.653. The number of hydrogen-bond donors (Lipinski definition) is 1. The van der Waals surface area contributed by atoms with E-state index in [0.29, 0.717) is 26.9 Å². The molecule has 1 atom stereocenters. The predicted octanol–water partition coefficient (Wildman–Crippen LogP) is 5.30. The highest BCUT2D eigenvalue weighted by Crippen LogP contribution is 2.20. The second kappa shape index (κ2) is 8.17. The summed E-state index contributed by atoms with van der Waals surface area (Å²) in [6, 6.07) is 17.3. The van der Waals surface area contributed by atoms with Crippen molar-refractivity contribution >= 4 is 40.3 Å². The number of carbonyl (C=O) groups is 2. The van der Waals surface area contributed by atoms with Crippen LogP contribution in [0.5, 0.6) is 5.75 Å². The van der Waals surface area contributed by atoms with E-state index in [1.807, 2.05) is 11.4 Å². The zero-order valence-corrected chi connectivity index (χ0v) is 15.5. The summed E-state index contributed by atoms with van der Waals surface area (Å²) in [5.74, 6) is 0.239. The molecule has 1 heterocycles. The van der Waals surface area contributed by atoms with Gasteiger partial charge in [-0.2, -0.15) is 0 Å². The van der Waals surface area contributed by atoms with Crippen molar-refractivity contribution in [3.8, 4) is 5.75 Å². The van der Waals surface area contributed by atoms with Gasteiger partial charge in [0.25, 0.3) is 5.91 Å². The topological polar surface area (TPSA) is 55.4 Å². The average Bonchev–Trinajstić information content (AvgIpc) is 3.17. The molecule has 0 spiro atoms. The molecule has 0 saturated carbocycles. The molecule has 1 N–H and O–H groups in total. The van der Waals surface area contributed by atoms with E-state index in [4.69, 9.17) is 16.3 Å². The number of nitrogens with one attached hydrogen (secondary N) is 1. The number of halogens is 1. The van der Waals surface area contributed by atoms with Crippen molar-refractivity contribution in [3.05, 3.63) is 81.5 Å². The summed E-state index contributed by atoms with van der Waals surface area (Å²) in [4.78, 5) is 25.1. The summed E-state index contributed by atoms with van der Waals surface area (Å²) < 4.78 is 5.70. The Hall–Kier alpha value is -2.63. The molecule has 0 radical (unpaired) electrons. The number of ether oxygens (including phenoxy) is 1. The molecule has 132 valence electrons. The Kier molecular flexibility index (Phi) is 5.71. The lowest BCUT2D eigenvalue weighted by Crippen LogP contribution is -2.23. The predicted molar refractivity (Wildman–Crippen MR) is 105 cm³/mol. The van der Waals surface area contributed by atoms with Crippen LogP contribution in [0, 0.1) is 0 Å². The van der Waals surface area contributed by atoms with Crippen molar-refractivity contribution in [3.63, 3.8) is 0 Å². The fourth-order valence-electron chi connectivity index (χ4n) is 2.35. The first-order chi connectivity index (χ1) is 12.5. The standard InChI is InChI=1S/C20H16ClNO3S/c1-13(19(23)14-4-2-5-15(21)12-14)25-17-9-7-16(8-10-17)22-20(24)18-6-3-11-26-18/h2-13H,1H3,(H,22,24)/t13-/m0/s1. The molecule has 26 heavy (non-hydrogen) atoms. The highest BCUT2D eigenvalue weighted by molar-refractivity contribution is 7.12. The van der Waals surface area contributed by atoms with Gasteiger partial charge in [-0.1, -0.05) is 29.8 Å². The largest absolute Gasteiger partial charge is 0.483 e. The van der Waals surface area contributed by atoms with E-state index in [1.54, 1.807) is 61.5 Å². The molecule has 0 aliphatic heterocycles. The SMILES string of the molecule is C[C@H](Oc1ccc(NC(=O)c2cccs2)cc1)C(=O)c1cccc(Cl)c1. The minimum absolute atomic E-state index is 0.150. The molecule has 1 amide bonds. The fourth-order valence-corrected chi connectivity index (χ4v) is 3.16. The zero-order chi connectivity index (χ0) is 18.5. The summed E-state index contributed by atoms with van der Waals surface area (Å²) in [6.45, 7) is 1.69. The minimum Gasteiger partial charge on any atom is -0.483 e. The van der Waals surface area contributed by atoms with Crippen LogP contribution >= 0.6 is 22.9 Å². The quantitative estimate of drug-likeness (QED) is 0.585. The van der Waals surface area contributed by atoms with Crippen LogP contribution < -0.4 is 10.1 Å². The van der Waals surface area contributed by atoms with Crippen molar-refractivity contribution in [1.82, 2.24) is 0 Å². The van der Waals surface area contributed by atoms with Crippen LogP contribution in [0.3, 0.4) is 0 Å². The molecule has 0 unspecified atom stereocenters. The van der Waals surface area contributed by atoms with Gasteiger partial charge in [0.2, 0.25) is 5.78 Å². The molecule has 1 aromatic heterocycles. The lowest BCUT2D eigenvalue weighted by Gasteiger charge is -2.14. The van der Waals surface area contributed by atoms with E-state index in [-0.39, 0.29) is 11.7 Å². The van der Waals surface area contributed by atoms with Gasteiger partial charge in [-0.3, -0.25) is 9.59 Å². The number of amides is 1. The number of thiophene rings is 1. The van der Waals surface area contributed by atoms with Crippen LogP contribution in [0.1, 0.15) is 27.0 Å². The van der Waals surface area contributed by atoms with E-state index in [2.05, 4.69) is 5.32 Å². The van der Waals surface area contributed by atoms with Gasteiger partial charge in [-0.25, -0.2) is 0 Å². The number of anilines is 1. The van der Waals surface area contributed by atoms with Gasteiger partial charge in [0.15, 0.2) is 6.10 Å². The normalized spacial score (nSPS) is 11.6. The van der Waals surface area contributed by atoms with Gasteiger partial charge in [-0.05, 0) is 54.8 Å². The number of ketones is 1. The Balaban J connectivity index is 1.61. The Labute approximate surface area is 160 Å². The average molecular weight is 386 g/mol. The molecule has 4 nitrogen and oxygen atoms in total. The molecule has 0 aliphatic rings. The van der Waals surface area contributed by atoms with Crippen LogP contribution in [0.2, 0.25) is 5.02 Å². The molecule has 6 heteroatoms. The maximum Gasteiger partial charge on any atom is 0.265 e.